The van der Waals surface area contributed by atoms with Crippen LogP contribution in [-0.4, -0.2) is 30.6 Å². The van der Waals surface area contributed by atoms with E-state index in [9.17, 15) is 18.0 Å². The maximum atomic E-state index is 12.1. The molecular formula is C10H12F3N3O. The van der Waals surface area contributed by atoms with Gasteiger partial charge in [-0.1, -0.05) is 0 Å². The van der Waals surface area contributed by atoms with E-state index >= 15 is 0 Å². The molecule has 0 saturated heterocycles. The lowest BCUT2D eigenvalue weighted by Gasteiger charge is -2.19. The summed E-state index contributed by atoms with van der Waals surface area (Å²) in [6.07, 6.45) is -4.44. The SMILES string of the molecule is CN(CC(F)(F)F)C(=O)c1ccc(N)cc1N. The van der Waals surface area contributed by atoms with Crippen molar-refractivity contribution in [2.75, 3.05) is 25.1 Å². The number of amides is 1. The first-order valence-electron chi connectivity index (χ1n) is 4.68. The topological polar surface area (TPSA) is 72.3 Å². The van der Waals surface area contributed by atoms with E-state index in [1.54, 1.807) is 0 Å². The van der Waals surface area contributed by atoms with Gasteiger partial charge < -0.3 is 16.4 Å². The Morgan fingerprint density at radius 1 is 1.35 bits per heavy atom. The molecule has 1 rings (SSSR count). The average molecular weight is 247 g/mol. The number of nitrogens with two attached hydrogens (primary N) is 2. The number of anilines is 2. The first kappa shape index (κ1) is 13.1. The minimum Gasteiger partial charge on any atom is -0.399 e. The number of carbonyl (C=O) groups excluding carboxylic acids is 1. The molecule has 17 heavy (non-hydrogen) atoms. The molecule has 4 nitrogen and oxygen atoms in total. The number of hydrogen-bond donors (Lipinski definition) is 2. The number of halogens is 3. The van der Waals surface area contributed by atoms with Gasteiger partial charge in [-0.3, -0.25) is 4.79 Å². The van der Waals surface area contributed by atoms with Crippen LogP contribution >= 0.6 is 0 Å². The van der Waals surface area contributed by atoms with E-state index in [0.29, 0.717) is 10.6 Å². The Balaban J connectivity index is 2.89. The quantitative estimate of drug-likeness (QED) is 0.777. The number of alkyl halides is 3. The van der Waals surface area contributed by atoms with Crippen molar-refractivity contribution in [3.05, 3.63) is 23.8 Å². The average Bonchev–Trinajstić information content (AvgIpc) is 2.14. The Kier molecular flexibility index (Phi) is 3.50. The van der Waals surface area contributed by atoms with Gasteiger partial charge in [0.15, 0.2) is 0 Å². The molecule has 0 aromatic heterocycles. The molecule has 1 amide bonds. The van der Waals surface area contributed by atoms with Gasteiger partial charge in [0.25, 0.3) is 5.91 Å². The summed E-state index contributed by atoms with van der Waals surface area (Å²) in [4.78, 5) is 12.2. The van der Waals surface area contributed by atoms with E-state index in [2.05, 4.69) is 0 Å². The van der Waals surface area contributed by atoms with E-state index in [4.69, 9.17) is 11.5 Å². The lowest BCUT2D eigenvalue weighted by atomic mass is 10.1. The van der Waals surface area contributed by atoms with Crippen LogP contribution in [0.4, 0.5) is 24.5 Å². The number of benzene rings is 1. The predicted molar refractivity (Wildman–Crippen MR) is 58.3 cm³/mol. The van der Waals surface area contributed by atoms with Gasteiger partial charge >= 0.3 is 6.18 Å². The lowest BCUT2D eigenvalue weighted by Crippen LogP contribution is -2.36. The van der Waals surface area contributed by atoms with Crippen LogP contribution in [0.25, 0.3) is 0 Å². The second-order valence-corrected chi connectivity index (χ2v) is 3.62. The van der Waals surface area contributed by atoms with Crippen molar-refractivity contribution in [2.45, 2.75) is 6.18 Å². The maximum Gasteiger partial charge on any atom is 0.406 e. The fraction of sp³-hybridized carbons (Fsp3) is 0.300. The third-order valence-corrected chi connectivity index (χ3v) is 2.07. The molecule has 0 radical (unpaired) electrons. The molecule has 0 fully saturated rings. The normalized spacial score (nSPS) is 11.3. The fourth-order valence-corrected chi connectivity index (χ4v) is 1.32. The highest BCUT2D eigenvalue weighted by Gasteiger charge is 2.31. The molecule has 1 aromatic carbocycles. The monoisotopic (exact) mass is 247 g/mol. The van der Waals surface area contributed by atoms with Crippen LogP contribution in [0, 0.1) is 0 Å². The third-order valence-electron chi connectivity index (χ3n) is 2.07. The Labute approximate surface area is 96.0 Å². The first-order chi connectivity index (χ1) is 7.70. The van der Waals surface area contributed by atoms with Gasteiger partial charge in [-0.15, -0.1) is 0 Å². The second kappa shape index (κ2) is 4.52. The summed E-state index contributed by atoms with van der Waals surface area (Å²) in [7, 11) is 1.06. The summed E-state index contributed by atoms with van der Waals surface area (Å²) in [5.74, 6) is -0.792. The van der Waals surface area contributed by atoms with Crippen molar-refractivity contribution in [1.82, 2.24) is 4.90 Å². The van der Waals surface area contributed by atoms with E-state index in [0.717, 1.165) is 7.05 Å². The highest BCUT2D eigenvalue weighted by molar-refractivity contribution is 5.99. The summed E-state index contributed by atoms with van der Waals surface area (Å²) in [6.45, 7) is -1.32. The van der Waals surface area contributed by atoms with Gasteiger partial charge in [0.2, 0.25) is 0 Å². The zero-order valence-electron chi connectivity index (χ0n) is 9.08. The zero-order chi connectivity index (χ0) is 13.2. The summed E-state index contributed by atoms with van der Waals surface area (Å²) < 4.78 is 36.3. The molecule has 0 spiro atoms. The van der Waals surface area contributed by atoms with Crippen LogP contribution < -0.4 is 11.5 Å². The number of nitrogens with zero attached hydrogens (tertiary/aromatic N) is 1. The van der Waals surface area contributed by atoms with Crippen molar-refractivity contribution in [1.29, 1.82) is 0 Å². The van der Waals surface area contributed by atoms with Crippen molar-refractivity contribution in [2.24, 2.45) is 0 Å². The van der Waals surface area contributed by atoms with E-state index in [-0.39, 0.29) is 11.3 Å². The molecule has 4 N–H and O–H groups in total. The maximum absolute atomic E-state index is 12.1. The Hall–Kier alpha value is -1.92. The van der Waals surface area contributed by atoms with Crippen molar-refractivity contribution in [3.8, 4) is 0 Å². The summed E-state index contributed by atoms with van der Waals surface area (Å²) >= 11 is 0. The fourth-order valence-electron chi connectivity index (χ4n) is 1.32. The largest absolute Gasteiger partial charge is 0.406 e. The molecule has 0 aliphatic carbocycles. The van der Waals surface area contributed by atoms with Crippen LogP contribution in [0.15, 0.2) is 18.2 Å². The molecule has 0 saturated carbocycles. The Morgan fingerprint density at radius 2 is 1.94 bits per heavy atom. The molecule has 1 aromatic rings. The standard InChI is InChI=1S/C10H12F3N3O/c1-16(5-10(11,12)13)9(17)7-3-2-6(14)4-8(7)15/h2-4H,5,14-15H2,1H3. The second-order valence-electron chi connectivity index (χ2n) is 3.62. The first-order valence-corrected chi connectivity index (χ1v) is 4.68. The van der Waals surface area contributed by atoms with Gasteiger partial charge in [0.1, 0.15) is 6.54 Å². The zero-order valence-corrected chi connectivity index (χ0v) is 9.08. The molecule has 0 aliphatic heterocycles. The number of carbonyl (C=O) groups is 1. The third kappa shape index (κ3) is 3.54. The molecule has 0 atom stereocenters. The molecule has 0 unspecified atom stereocenters. The minimum atomic E-state index is -4.44. The molecule has 0 heterocycles. The molecule has 94 valence electrons. The van der Waals surface area contributed by atoms with Crippen LogP contribution in [0.2, 0.25) is 0 Å². The summed E-state index contributed by atoms with van der Waals surface area (Å²) in [5.41, 5.74) is 11.3. The van der Waals surface area contributed by atoms with Gasteiger partial charge in [0, 0.05) is 18.4 Å². The van der Waals surface area contributed by atoms with E-state index in [1.807, 2.05) is 0 Å². The molecule has 7 heteroatoms. The van der Waals surface area contributed by atoms with E-state index in [1.165, 1.54) is 18.2 Å². The minimum absolute atomic E-state index is 0.00551. The van der Waals surface area contributed by atoms with Crippen LogP contribution in [0.1, 0.15) is 10.4 Å². The van der Waals surface area contributed by atoms with Gasteiger partial charge in [0.05, 0.1) is 5.56 Å². The summed E-state index contributed by atoms with van der Waals surface area (Å²) in [6, 6.07) is 4.04. The highest BCUT2D eigenvalue weighted by atomic mass is 19.4. The predicted octanol–water partition coefficient (Wildman–Crippen LogP) is 1.49. The number of nitrogen functional groups attached to an aromatic ring is 2. The highest BCUT2D eigenvalue weighted by Crippen LogP contribution is 2.20. The van der Waals surface area contributed by atoms with Crippen molar-refractivity contribution >= 4 is 17.3 Å². The lowest BCUT2D eigenvalue weighted by molar-refractivity contribution is -0.138. The molecular weight excluding hydrogens is 235 g/mol. The Morgan fingerprint density at radius 3 is 2.41 bits per heavy atom. The molecule has 0 bridgehead atoms. The van der Waals surface area contributed by atoms with Crippen LogP contribution in [-0.2, 0) is 0 Å². The molecule has 0 aliphatic rings. The van der Waals surface area contributed by atoms with Crippen molar-refractivity contribution < 1.29 is 18.0 Å². The smallest absolute Gasteiger partial charge is 0.399 e. The van der Waals surface area contributed by atoms with Crippen LogP contribution in [0.5, 0.6) is 0 Å². The van der Waals surface area contributed by atoms with Gasteiger partial charge in [-0.05, 0) is 18.2 Å². The number of hydrogen-bond acceptors (Lipinski definition) is 3. The van der Waals surface area contributed by atoms with Crippen molar-refractivity contribution in [3.63, 3.8) is 0 Å². The Bertz CT molecular complexity index is 431. The van der Waals surface area contributed by atoms with Gasteiger partial charge in [-0.25, -0.2) is 0 Å². The van der Waals surface area contributed by atoms with Crippen LogP contribution in [0.3, 0.4) is 0 Å². The summed E-state index contributed by atoms with van der Waals surface area (Å²) in [5, 5.41) is 0. The number of rotatable bonds is 2. The van der Waals surface area contributed by atoms with Gasteiger partial charge in [-0.2, -0.15) is 13.2 Å². The van der Waals surface area contributed by atoms with E-state index < -0.39 is 18.6 Å².